The van der Waals surface area contributed by atoms with Gasteiger partial charge in [-0.1, -0.05) is 26.2 Å². The van der Waals surface area contributed by atoms with Crippen LogP contribution in [0.2, 0.25) is 0 Å². The Morgan fingerprint density at radius 1 is 1.44 bits per heavy atom. The SMILES string of the molecule is CCCCCC(O)C(CC=O)SCC([NH])C(=O)O. The number of carboxylic acid groups (broad SMARTS) is 1. The topological polar surface area (TPSA) is 98.4 Å². The number of thioether (sulfide) groups is 1. The number of aliphatic hydroxyl groups is 1. The van der Waals surface area contributed by atoms with Crippen LogP contribution >= 0.6 is 11.8 Å². The molecule has 0 bridgehead atoms. The Labute approximate surface area is 112 Å². The van der Waals surface area contributed by atoms with Crippen molar-refractivity contribution >= 4 is 24.0 Å². The molecule has 0 rings (SSSR count). The molecule has 0 amide bonds. The van der Waals surface area contributed by atoms with Crippen molar-refractivity contribution in [1.29, 1.82) is 0 Å². The maximum Gasteiger partial charge on any atom is 0.322 e. The number of carbonyl (C=O) groups is 2. The lowest BCUT2D eigenvalue weighted by Crippen LogP contribution is -2.29. The molecule has 105 valence electrons. The van der Waals surface area contributed by atoms with Crippen LogP contribution in [0.5, 0.6) is 0 Å². The van der Waals surface area contributed by atoms with Crippen molar-refractivity contribution in [2.45, 2.75) is 56.4 Å². The van der Waals surface area contributed by atoms with E-state index < -0.39 is 18.1 Å². The fraction of sp³-hybridized carbons (Fsp3) is 0.833. The average Bonchev–Trinajstić information content (AvgIpc) is 2.33. The summed E-state index contributed by atoms with van der Waals surface area (Å²) in [6.07, 6.45) is 3.95. The van der Waals surface area contributed by atoms with E-state index in [1.807, 2.05) is 0 Å². The molecule has 18 heavy (non-hydrogen) atoms. The molecule has 0 saturated heterocycles. The zero-order chi connectivity index (χ0) is 14.0. The maximum atomic E-state index is 10.5. The van der Waals surface area contributed by atoms with Gasteiger partial charge in [-0.2, -0.15) is 11.8 Å². The summed E-state index contributed by atoms with van der Waals surface area (Å²) < 4.78 is 0. The van der Waals surface area contributed by atoms with Gasteiger partial charge in [0.1, 0.15) is 12.3 Å². The minimum atomic E-state index is -1.20. The highest BCUT2D eigenvalue weighted by atomic mass is 32.2. The number of hydrogen-bond acceptors (Lipinski definition) is 4. The first kappa shape index (κ1) is 17.4. The molecule has 0 aromatic rings. The van der Waals surface area contributed by atoms with Crippen molar-refractivity contribution < 1.29 is 19.8 Å². The summed E-state index contributed by atoms with van der Waals surface area (Å²) in [5.41, 5.74) is 7.27. The number of unbranched alkanes of at least 4 members (excludes halogenated alkanes) is 2. The predicted molar refractivity (Wildman–Crippen MR) is 71.6 cm³/mol. The number of hydrogen-bond donors (Lipinski definition) is 2. The van der Waals surface area contributed by atoms with Gasteiger partial charge in [-0.15, -0.1) is 0 Å². The lowest BCUT2D eigenvalue weighted by molar-refractivity contribution is -0.138. The van der Waals surface area contributed by atoms with E-state index in [2.05, 4.69) is 6.92 Å². The monoisotopic (exact) mass is 276 g/mol. The third-order valence-corrected chi connectivity index (χ3v) is 4.10. The van der Waals surface area contributed by atoms with Crippen LogP contribution in [0, 0.1) is 0 Å². The van der Waals surface area contributed by atoms with E-state index >= 15 is 0 Å². The van der Waals surface area contributed by atoms with Gasteiger partial charge in [0.2, 0.25) is 0 Å². The summed E-state index contributed by atoms with van der Waals surface area (Å²) in [6, 6.07) is -1.20. The van der Waals surface area contributed by atoms with Crippen LogP contribution in [0.4, 0.5) is 0 Å². The normalized spacial score (nSPS) is 15.9. The fourth-order valence-electron chi connectivity index (χ4n) is 1.51. The quantitative estimate of drug-likeness (QED) is 0.438. The van der Waals surface area contributed by atoms with Gasteiger partial charge in [-0.05, 0) is 6.42 Å². The molecule has 0 aliphatic rings. The largest absolute Gasteiger partial charge is 0.480 e. The van der Waals surface area contributed by atoms with Crippen molar-refractivity contribution in [2.24, 2.45) is 0 Å². The summed E-state index contributed by atoms with van der Waals surface area (Å²) in [7, 11) is 0. The number of aliphatic hydroxyl groups excluding tert-OH is 1. The van der Waals surface area contributed by atoms with Crippen molar-refractivity contribution in [3.63, 3.8) is 0 Å². The van der Waals surface area contributed by atoms with Crippen LogP contribution in [-0.4, -0.2) is 45.6 Å². The summed E-state index contributed by atoms with van der Waals surface area (Å²) >= 11 is 1.20. The average molecular weight is 276 g/mol. The molecular formula is C12H22NO4S. The van der Waals surface area contributed by atoms with Gasteiger partial charge in [0.25, 0.3) is 0 Å². The summed E-state index contributed by atoms with van der Waals surface area (Å²) in [6.45, 7) is 2.07. The number of nitrogens with one attached hydrogen (secondary N) is 1. The highest BCUT2D eigenvalue weighted by Crippen LogP contribution is 2.22. The van der Waals surface area contributed by atoms with Gasteiger partial charge in [-0.25, -0.2) is 5.73 Å². The highest BCUT2D eigenvalue weighted by Gasteiger charge is 2.22. The van der Waals surface area contributed by atoms with E-state index in [0.717, 1.165) is 25.5 Å². The molecule has 0 heterocycles. The zero-order valence-corrected chi connectivity index (χ0v) is 11.5. The van der Waals surface area contributed by atoms with Gasteiger partial charge in [0.05, 0.1) is 6.10 Å². The summed E-state index contributed by atoms with van der Waals surface area (Å²) in [4.78, 5) is 21.1. The second kappa shape index (κ2) is 10.3. The third-order valence-electron chi connectivity index (χ3n) is 2.64. The van der Waals surface area contributed by atoms with Crippen LogP contribution in [0.15, 0.2) is 0 Å². The number of carbonyl (C=O) groups excluding carboxylic acids is 1. The van der Waals surface area contributed by atoms with E-state index in [4.69, 9.17) is 10.8 Å². The Bertz CT molecular complexity index is 250. The van der Waals surface area contributed by atoms with E-state index in [9.17, 15) is 14.7 Å². The molecule has 6 heteroatoms. The van der Waals surface area contributed by atoms with Crippen LogP contribution in [0.25, 0.3) is 0 Å². The zero-order valence-electron chi connectivity index (χ0n) is 10.7. The van der Waals surface area contributed by atoms with Gasteiger partial charge >= 0.3 is 5.97 Å². The molecule has 0 aliphatic heterocycles. The summed E-state index contributed by atoms with van der Waals surface area (Å²) in [5, 5.41) is 18.2. The first-order valence-electron chi connectivity index (χ1n) is 6.20. The lowest BCUT2D eigenvalue weighted by Gasteiger charge is -2.21. The minimum absolute atomic E-state index is 0.0959. The van der Waals surface area contributed by atoms with Gasteiger partial charge in [0, 0.05) is 17.4 Å². The molecule has 0 aromatic heterocycles. The number of aliphatic carboxylic acids is 1. The highest BCUT2D eigenvalue weighted by molar-refractivity contribution is 8.00. The van der Waals surface area contributed by atoms with E-state index in [0.29, 0.717) is 6.42 Å². The minimum Gasteiger partial charge on any atom is -0.480 e. The standard InChI is InChI=1S/C12H22NO4S/c1-2-3-4-5-10(15)11(6-7-14)18-8-9(13)12(16)17/h7,9-11,13,15H,2-6,8H2,1H3,(H,16,17). The van der Waals surface area contributed by atoms with Crippen LogP contribution < -0.4 is 5.73 Å². The molecule has 0 aliphatic carbocycles. The van der Waals surface area contributed by atoms with Gasteiger partial charge < -0.3 is 15.0 Å². The fourth-order valence-corrected chi connectivity index (χ4v) is 2.67. The molecule has 3 unspecified atom stereocenters. The first-order valence-corrected chi connectivity index (χ1v) is 7.25. The summed E-state index contributed by atoms with van der Waals surface area (Å²) in [5.74, 6) is -1.08. The molecular weight excluding hydrogens is 254 g/mol. The van der Waals surface area contributed by atoms with Crippen molar-refractivity contribution in [1.82, 2.24) is 5.73 Å². The third kappa shape index (κ3) is 7.68. The maximum absolute atomic E-state index is 10.5. The second-order valence-electron chi connectivity index (χ2n) is 4.23. The first-order chi connectivity index (χ1) is 8.52. The molecule has 5 nitrogen and oxygen atoms in total. The Hall–Kier alpha value is -0.590. The van der Waals surface area contributed by atoms with E-state index in [1.165, 1.54) is 11.8 Å². The van der Waals surface area contributed by atoms with Crippen LogP contribution in [0.3, 0.4) is 0 Å². The molecule has 0 aromatic carbocycles. The van der Waals surface area contributed by atoms with Crippen molar-refractivity contribution in [2.75, 3.05) is 5.75 Å². The van der Waals surface area contributed by atoms with Gasteiger partial charge in [-0.3, -0.25) is 4.79 Å². The molecule has 3 atom stereocenters. The smallest absolute Gasteiger partial charge is 0.322 e. The molecule has 0 spiro atoms. The molecule has 3 N–H and O–H groups in total. The van der Waals surface area contributed by atoms with Gasteiger partial charge in [0.15, 0.2) is 0 Å². The number of rotatable bonds is 11. The Kier molecular flexibility index (Phi) is 10.0. The lowest BCUT2D eigenvalue weighted by atomic mass is 10.1. The number of carboxylic acids is 1. The van der Waals surface area contributed by atoms with Crippen molar-refractivity contribution in [3.05, 3.63) is 0 Å². The Morgan fingerprint density at radius 2 is 2.11 bits per heavy atom. The van der Waals surface area contributed by atoms with E-state index in [1.54, 1.807) is 0 Å². The van der Waals surface area contributed by atoms with E-state index in [-0.39, 0.29) is 17.4 Å². The molecule has 1 radical (unpaired) electrons. The Balaban J connectivity index is 4.10. The molecule has 0 saturated carbocycles. The Morgan fingerprint density at radius 3 is 2.61 bits per heavy atom. The second-order valence-corrected chi connectivity index (χ2v) is 5.50. The van der Waals surface area contributed by atoms with Crippen LogP contribution in [0.1, 0.15) is 39.0 Å². The van der Waals surface area contributed by atoms with Crippen molar-refractivity contribution in [3.8, 4) is 0 Å². The number of aldehydes is 1. The predicted octanol–water partition coefficient (Wildman–Crippen LogP) is 1.35. The molecule has 0 fully saturated rings. The van der Waals surface area contributed by atoms with Crippen LogP contribution in [-0.2, 0) is 9.59 Å².